The molecule has 266 valence electrons. The van der Waals surface area contributed by atoms with Crippen LogP contribution in [0.2, 0.25) is 0 Å². The van der Waals surface area contributed by atoms with E-state index in [9.17, 15) is 0 Å². The summed E-state index contributed by atoms with van der Waals surface area (Å²) in [6, 6.07) is 60.9. The lowest BCUT2D eigenvalue weighted by molar-refractivity contribution is 0.668. The van der Waals surface area contributed by atoms with Gasteiger partial charge in [0.15, 0.2) is 17.5 Å². The van der Waals surface area contributed by atoms with Crippen LogP contribution in [0.1, 0.15) is 0 Å². The van der Waals surface area contributed by atoms with Gasteiger partial charge < -0.3 is 8.83 Å². The third-order valence-corrected chi connectivity index (χ3v) is 12.2. The van der Waals surface area contributed by atoms with Crippen molar-refractivity contribution < 1.29 is 8.83 Å². The SMILES string of the molecule is c1ccc(-c2nc(-c3ccc4c(c3)oc3ccccc34)nc(-c3cccc4oc5ccc(-c6cccc7sc8c(-c9ccccc9)cccc8c67)cc5c34)n2)cc1. The summed E-state index contributed by atoms with van der Waals surface area (Å²) in [6.07, 6.45) is 0. The highest BCUT2D eigenvalue weighted by Gasteiger charge is 2.20. The van der Waals surface area contributed by atoms with E-state index < -0.39 is 0 Å². The number of rotatable bonds is 5. The molecule has 0 radical (unpaired) electrons. The lowest BCUT2D eigenvalue weighted by atomic mass is 9.96. The van der Waals surface area contributed by atoms with Crippen LogP contribution in [0.15, 0.2) is 185 Å². The van der Waals surface area contributed by atoms with Crippen LogP contribution in [0.4, 0.5) is 0 Å². The first-order chi connectivity index (χ1) is 28.2. The maximum Gasteiger partial charge on any atom is 0.164 e. The Morgan fingerprint density at radius 3 is 1.82 bits per heavy atom. The third kappa shape index (κ3) is 5.12. The van der Waals surface area contributed by atoms with E-state index in [2.05, 4.69) is 109 Å². The molecular weight excluding hydrogens is 719 g/mol. The summed E-state index contributed by atoms with van der Waals surface area (Å²) in [7, 11) is 0. The van der Waals surface area contributed by atoms with E-state index in [-0.39, 0.29) is 0 Å². The summed E-state index contributed by atoms with van der Waals surface area (Å²) < 4.78 is 15.4. The lowest BCUT2D eigenvalue weighted by Gasteiger charge is -2.09. The highest BCUT2D eigenvalue weighted by atomic mass is 32.1. The Morgan fingerprint density at radius 1 is 0.333 bits per heavy atom. The van der Waals surface area contributed by atoms with Gasteiger partial charge in [-0.3, -0.25) is 0 Å². The minimum atomic E-state index is 0.567. The molecule has 0 spiro atoms. The molecule has 12 aromatic rings. The molecule has 0 atom stereocenters. The predicted molar refractivity (Wildman–Crippen MR) is 234 cm³/mol. The van der Waals surface area contributed by atoms with Crippen LogP contribution in [0, 0.1) is 0 Å². The Hall–Kier alpha value is -7.41. The van der Waals surface area contributed by atoms with E-state index in [4.69, 9.17) is 23.8 Å². The van der Waals surface area contributed by atoms with E-state index in [1.54, 1.807) is 0 Å². The summed E-state index contributed by atoms with van der Waals surface area (Å²) in [6.45, 7) is 0. The van der Waals surface area contributed by atoms with Crippen LogP contribution >= 0.6 is 11.3 Å². The quantitative estimate of drug-likeness (QED) is 0.175. The van der Waals surface area contributed by atoms with E-state index in [0.717, 1.165) is 66.1 Å². The van der Waals surface area contributed by atoms with Crippen molar-refractivity contribution in [3.05, 3.63) is 176 Å². The number of nitrogens with zero attached hydrogens (tertiary/aromatic N) is 3. The molecule has 8 aromatic carbocycles. The topological polar surface area (TPSA) is 65.0 Å². The minimum Gasteiger partial charge on any atom is -0.456 e. The molecule has 4 aromatic heterocycles. The molecule has 4 heterocycles. The largest absolute Gasteiger partial charge is 0.456 e. The van der Waals surface area contributed by atoms with E-state index in [0.29, 0.717) is 17.5 Å². The van der Waals surface area contributed by atoms with E-state index in [1.165, 1.54) is 36.9 Å². The number of para-hydroxylation sites is 1. The molecule has 5 nitrogen and oxygen atoms in total. The first kappa shape index (κ1) is 31.9. The van der Waals surface area contributed by atoms with Crippen molar-refractivity contribution in [1.82, 2.24) is 15.0 Å². The standard InChI is InChI=1S/C51H29N3O2S/c1-3-12-30(13-4-1)35-18-9-19-38-47-34(17-11-23-45(47)57-48(35)38)32-25-27-42-40(28-32)46-39(20-10-22-43(46)55-42)51-53-49(31-14-5-2-6-15-31)52-50(54-51)33-24-26-37-36-16-7-8-21-41(36)56-44(37)29-33/h1-29H. The normalized spacial score (nSPS) is 11.9. The van der Waals surface area contributed by atoms with Crippen molar-refractivity contribution in [1.29, 1.82) is 0 Å². The van der Waals surface area contributed by atoms with Crippen molar-refractivity contribution in [2.24, 2.45) is 0 Å². The summed E-state index contributed by atoms with van der Waals surface area (Å²) in [4.78, 5) is 15.3. The fourth-order valence-electron chi connectivity index (χ4n) is 8.32. The Bertz CT molecular complexity index is 3530. The molecule has 0 bridgehead atoms. The van der Waals surface area contributed by atoms with Crippen LogP contribution in [0.5, 0.6) is 0 Å². The van der Waals surface area contributed by atoms with Crippen molar-refractivity contribution >= 4 is 75.4 Å². The minimum absolute atomic E-state index is 0.567. The highest BCUT2D eigenvalue weighted by Crippen LogP contribution is 2.45. The summed E-state index contributed by atoms with van der Waals surface area (Å²) >= 11 is 1.85. The van der Waals surface area contributed by atoms with Gasteiger partial charge in [-0.2, -0.15) is 0 Å². The molecule has 0 unspecified atom stereocenters. The number of benzene rings is 8. The van der Waals surface area contributed by atoms with Crippen molar-refractivity contribution in [2.45, 2.75) is 0 Å². The number of hydrogen-bond acceptors (Lipinski definition) is 6. The molecule has 0 amide bonds. The maximum atomic E-state index is 6.54. The number of hydrogen-bond donors (Lipinski definition) is 0. The van der Waals surface area contributed by atoms with Gasteiger partial charge in [0.05, 0.1) is 0 Å². The smallest absolute Gasteiger partial charge is 0.164 e. The van der Waals surface area contributed by atoms with Crippen LogP contribution in [0.25, 0.3) is 120 Å². The Kier molecular flexibility index (Phi) is 7.03. The molecule has 6 heteroatoms. The van der Waals surface area contributed by atoms with Gasteiger partial charge >= 0.3 is 0 Å². The summed E-state index contributed by atoms with van der Waals surface area (Å²) in [5, 5.41) is 6.63. The Morgan fingerprint density at radius 2 is 0.947 bits per heavy atom. The zero-order valence-corrected chi connectivity index (χ0v) is 31.1. The zero-order chi connectivity index (χ0) is 37.5. The molecular formula is C51H29N3O2S. The first-order valence-corrected chi connectivity index (χ1v) is 19.7. The molecule has 0 aliphatic carbocycles. The van der Waals surface area contributed by atoms with Crippen molar-refractivity contribution in [2.75, 3.05) is 0 Å². The average Bonchev–Trinajstić information content (AvgIpc) is 3.97. The van der Waals surface area contributed by atoms with Gasteiger partial charge in [0, 0.05) is 58.4 Å². The number of aromatic nitrogens is 3. The van der Waals surface area contributed by atoms with Crippen LogP contribution < -0.4 is 0 Å². The van der Waals surface area contributed by atoms with Crippen molar-refractivity contribution in [3.63, 3.8) is 0 Å². The molecule has 0 saturated heterocycles. The fraction of sp³-hybridized carbons (Fsp3) is 0. The molecule has 0 saturated carbocycles. The average molecular weight is 748 g/mol. The van der Waals surface area contributed by atoms with Gasteiger partial charge in [-0.1, -0.05) is 133 Å². The number of furan rings is 2. The second-order valence-corrected chi connectivity index (χ2v) is 15.4. The lowest BCUT2D eigenvalue weighted by Crippen LogP contribution is -2.00. The number of fused-ring (bicyclic) bond motifs is 9. The van der Waals surface area contributed by atoms with Crippen molar-refractivity contribution in [3.8, 4) is 56.4 Å². The van der Waals surface area contributed by atoms with Gasteiger partial charge in [0.2, 0.25) is 0 Å². The molecule has 0 fully saturated rings. The second kappa shape index (κ2) is 12.6. The molecule has 0 N–H and O–H groups in total. The molecule has 0 aliphatic rings. The van der Waals surface area contributed by atoms with Crippen LogP contribution in [-0.4, -0.2) is 15.0 Å². The Labute approximate surface area is 330 Å². The van der Waals surface area contributed by atoms with Gasteiger partial charge in [0.25, 0.3) is 0 Å². The molecule has 57 heavy (non-hydrogen) atoms. The first-order valence-electron chi connectivity index (χ1n) is 18.9. The summed E-state index contributed by atoms with van der Waals surface area (Å²) in [5.41, 5.74) is 10.6. The zero-order valence-electron chi connectivity index (χ0n) is 30.3. The number of thiophene rings is 1. The predicted octanol–water partition coefficient (Wildman–Crippen LogP) is 14.4. The van der Waals surface area contributed by atoms with E-state index >= 15 is 0 Å². The molecule has 0 aliphatic heterocycles. The second-order valence-electron chi connectivity index (χ2n) is 14.3. The molecule has 12 rings (SSSR count). The van der Waals surface area contributed by atoms with Gasteiger partial charge in [-0.25, -0.2) is 15.0 Å². The van der Waals surface area contributed by atoms with Gasteiger partial charge in [0.1, 0.15) is 22.3 Å². The Balaban J connectivity index is 1.05. The summed E-state index contributed by atoms with van der Waals surface area (Å²) in [5.74, 6) is 1.73. The third-order valence-electron chi connectivity index (χ3n) is 11.0. The van der Waals surface area contributed by atoms with Gasteiger partial charge in [-0.05, 0) is 64.7 Å². The fourth-order valence-corrected chi connectivity index (χ4v) is 9.59. The van der Waals surface area contributed by atoms with Crippen LogP contribution in [-0.2, 0) is 0 Å². The van der Waals surface area contributed by atoms with Crippen LogP contribution in [0.3, 0.4) is 0 Å². The van der Waals surface area contributed by atoms with E-state index in [1.807, 2.05) is 78.1 Å². The highest BCUT2D eigenvalue weighted by molar-refractivity contribution is 7.26. The monoisotopic (exact) mass is 747 g/mol. The van der Waals surface area contributed by atoms with Gasteiger partial charge in [-0.15, -0.1) is 11.3 Å². The maximum absolute atomic E-state index is 6.54.